The molecule has 12 heavy (non-hydrogen) atoms. The molecular formula is C11H17N. The highest BCUT2D eigenvalue weighted by atomic mass is 14.9. The van der Waals surface area contributed by atoms with Crippen molar-refractivity contribution >= 4 is 0 Å². The van der Waals surface area contributed by atoms with Crippen LogP contribution < -0.4 is 5.32 Å². The highest BCUT2D eigenvalue weighted by Crippen LogP contribution is 2.35. The molecule has 1 heterocycles. The van der Waals surface area contributed by atoms with Crippen molar-refractivity contribution in [3.05, 3.63) is 24.3 Å². The largest absolute Gasteiger partial charge is 0.316 e. The van der Waals surface area contributed by atoms with E-state index in [1.165, 1.54) is 32.4 Å². The third-order valence-electron chi connectivity index (χ3n) is 3.19. The van der Waals surface area contributed by atoms with Crippen LogP contribution in [0.5, 0.6) is 0 Å². The number of rotatable bonds is 1. The molecular weight excluding hydrogens is 146 g/mol. The van der Waals surface area contributed by atoms with E-state index in [9.17, 15) is 0 Å². The van der Waals surface area contributed by atoms with Crippen LogP contribution in [-0.2, 0) is 0 Å². The maximum atomic E-state index is 3.75. The molecule has 1 aliphatic carbocycles. The number of hydrogen-bond donors (Lipinski definition) is 1. The average molecular weight is 163 g/mol. The number of hydrogen-bond acceptors (Lipinski definition) is 1. The smallest absolute Gasteiger partial charge is 0.00142 e. The predicted molar refractivity (Wildman–Crippen MR) is 52.0 cm³/mol. The van der Waals surface area contributed by atoms with Gasteiger partial charge in [0.15, 0.2) is 0 Å². The first-order valence-electron chi connectivity index (χ1n) is 4.91. The zero-order valence-electron chi connectivity index (χ0n) is 7.55. The molecule has 0 radical (unpaired) electrons. The van der Waals surface area contributed by atoms with Gasteiger partial charge in [0, 0.05) is 0 Å². The van der Waals surface area contributed by atoms with Crippen molar-refractivity contribution in [1.29, 1.82) is 0 Å². The molecule has 1 heteroatoms. The molecule has 2 unspecified atom stereocenters. The van der Waals surface area contributed by atoms with Gasteiger partial charge in [0.05, 0.1) is 0 Å². The molecule has 0 aromatic rings. The average Bonchev–Trinajstić information content (AvgIpc) is 2.51. The Balaban J connectivity index is 2.01. The van der Waals surface area contributed by atoms with Crippen molar-refractivity contribution in [2.45, 2.75) is 19.3 Å². The Bertz CT molecular complexity index is 205. The summed E-state index contributed by atoms with van der Waals surface area (Å²) in [5.74, 6) is 1.89. The van der Waals surface area contributed by atoms with E-state index in [4.69, 9.17) is 0 Å². The molecule has 0 aromatic carbocycles. The van der Waals surface area contributed by atoms with Crippen molar-refractivity contribution in [3.63, 3.8) is 0 Å². The first-order chi connectivity index (χ1) is 5.90. The summed E-state index contributed by atoms with van der Waals surface area (Å²) in [7, 11) is 0. The molecule has 1 saturated carbocycles. The summed E-state index contributed by atoms with van der Waals surface area (Å²) in [4.78, 5) is 0. The van der Waals surface area contributed by atoms with E-state index in [2.05, 4.69) is 18.0 Å². The van der Waals surface area contributed by atoms with E-state index in [-0.39, 0.29) is 0 Å². The Labute approximate surface area is 74.5 Å². The number of allylic oxidation sites excluding steroid dienone is 3. The van der Waals surface area contributed by atoms with Gasteiger partial charge in [-0.3, -0.25) is 0 Å². The predicted octanol–water partition coefficient (Wildman–Crippen LogP) is 2.12. The molecule has 2 atom stereocenters. The molecule has 0 bridgehead atoms. The first-order valence-corrected chi connectivity index (χ1v) is 4.91. The SMILES string of the molecule is C=C/C=C1/CCC2CNCC2C1. The Morgan fingerprint density at radius 2 is 2.17 bits per heavy atom. The normalized spacial score (nSPS) is 38.2. The van der Waals surface area contributed by atoms with Gasteiger partial charge in [-0.15, -0.1) is 0 Å². The molecule has 66 valence electrons. The van der Waals surface area contributed by atoms with Crippen LogP contribution in [-0.4, -0.2) is 13.1 Å². The summed E-state index contributed by atoms with van der Waals surface area (Å²) in [5.41, 5.74) is 1.61. The molecule has 0 aromatic heterocycles. The fraction of sp³-hybridized carbons (Fsp3) is 0.636. The lowest BCUT2D eigenvalue weighted by molar-refractivity contribution is 0.349. The third kappa shape index (κ3) is 1.46. The summed E-state index contributed by atoms with van der Waals surface area (Å²) in [6.07, 6.45) is 8.13. The summed E-state index contributed by atoms with van der Waals surface area (Å²) in [6, 6.07) is 0. The third-order valence-corrected chi connectivity index (χ3v) is 3.19. The molecule has 0 spiro atoms. The fourth-order valence-corrected chi connectivity index (χ4v) is 2.49. The summed E-state index contributed by atoms with van der Waals surface area (Å²) in [5, 5.41) is 3.47. The lowest BCUT2D eigenvalue weighted by Gasteiger charge is -2.26. The second kappa shape index (κ2) is 3.44. The lowest BCUT2D eigenvalue weighted by Crippen LogP contribution is -2.18. The summed E-state index contributed by atoms with van der Waals surface area (Å²) >= 11 is 0. The van der Waals surface area contributed by atoms with Crippen LogP contribution in [0.25, 0.3) is 0 Å². The number of nitrogens with one attached hydrogen (secondary N) is 1. The highest BCUT2D eigenvalue weighted by Gasteiger charge is 2.30. The van der Waals surface area contributed by atoms with E-state index < -0.39 is 0 Å². The zero-order valence-corrected chi connectivity index (χ0v) is 7.55. The Kier molecular flexibility index (Phi) is 2.31. The minimum atomic E-state index is 0.921. The van der Waals surface area contributed by atoms with Crippen LogP contribution in [0.3, 0.4) is 0 Å². The monoisotopic (exact) mass is 163 g/mol. The quantitative estimate of drug-likeness (QED) is 0.624. The molecule has 1 aliphatic heterocycles. The molecule has 2 rings (SSSR count). The Hall–Kier alpha value is -0.560. The standard InChI is InChI=1S/C11H17N/c1-2-3-9-4-5-10-7-12-8-11(10)6-9/h2-3,10-12H,1,4-8H2/b9-3-. The Morgan fingerprint density at radius 3 is 3.00 bits per heavy atom. The van der Waals surface area contributed by atoms with Gasteiger partial charge in [0.1, 0.15) is 0 Å². The van der Waals surface area contributed by atoms with Crippen LogP contribution >= 0.6 is 0 Å². The fourth-order valence-electron chi connectivity index (χ4n) is 2.49. The first kappa shape index (κ1) is 8.06. The van der Waals surface area contributed by atoms with Crippen LogP contribution in [0, 0.1) is 11.8 Å². The van der Waals surface area contributed by atoms with Crippen LogP contribution in [0.4, 0.5) is 0 Å². The van der Waals surface area contributed by atoms with Crippen LogP contribution in [0.1, 0.15) is 19.3 Å². The van der Waals surface area contributed by atoms with Crippen molar-refractivity contribution in [3.8, 4) is 0 Å². The minimum absolute atomic E-state index is 0.921. The minimum Gasteiger partial charge on any atom is -0.316 e. The van der Waals surface area contributed by atoms with Gasteiger partial charge in [-0.2, -0.15) is 0 Å². The topological polar surface area (TPSA) is 12.0 Å². The molecule has 1 saturated heterocycles. The van der Waals surface area contributed by atoms with Gasteiger partial charge >= 0.3 is 0 Å². The van der Waals surface area contributed by atoms with Gasteiger partial charge in [0.25, 0.3) is 0 Å². The van der Waals surface area contributed by atoms with Gasteiger partial charge in [0.2, 0.25) is 0 Å². The van der Waals surface area contributed by atoms with Crippen molar-refractivity contribution in [2.75, 3.05) is 13.1 Å². The maximum absolute atomic E-state index is 3.75. The van der Waals surface area contributed by atoms with Crippen LogP contribution in [0.2, 0.25) is 0 Å². The second-order valence-electron chi connectivity index (χ2n) is 3.98. The molecule has 2 aliphatic rings. The van der Waals surface area contributed by atoms with E-state index >= 15 is 0 Å². The molecule has 1 nitrogen and oxygen atoms in total. The van der Waals surface area contributed by atoms with E-state index in [1.807, 2.05) is 6.08 Å². The Morgan fingerprint density at radius 1 is 1.33 bits per heavy atom. The molecule has 1 N–H and O–H groups in total. The molecule has 2 fully saturated rings. The summed E-state index contributed by atoms with van der Waals surface area (Å²) < 4.78 is 0. The van der Waals surface area contributed by atoms with Crippen molar-refractivity contribution < 1.29 is 0 Å². The maximum Gasteiger partial charge on any atom is -0.00142 e. The second-order valence-corrected chi connectivity index (χ2v) is 3.98. The summed E-state index contributed by atoms with van der Waals surface area (Å²) in [6.45, 7) is 6.24. The zero-order chi connectivity index (χ0) is 8.39. The van der Waals surface area contributed by atoms with E-state index in [0.29, 0.717) is 0 Å². The van der Waals surface area contributed by atoms with Crippen molar-refractivity contribution in [1.82, 2.24) is 5.32 Å². The van der Waals surface area contributed by atoms with Crippen LogP contribution in [0.15, 0.2) is 24.3 Å². The van der Waals surface area contributed by atoms with Gasteiger partial charge in [-0.05, 0) is 44.2 Å². The van der Waals surface area contributed by atoms with Crippen molar-refractivity contribution in [2.24, 2.45) is 11.8 Å². The van der Waals surface area contributed by atoms with Gasteiger partial charge in [-0.1, -0.05) is 24.3 Å². The molecule has 0 amide bonds. The highest BCUT2D eigenvalue weighted by molar-refractivity contribution is 5.14. The number of fused-ring (bicyclic) bond motifs is 1. The van der Waals surface area contributed by atoms with E-state index in [0.717, 1.165) is 11.8 Å². The van der Waals surface area contributed by atoms with Gasteiger partial charge in [-0.25, -0.2) is 0 Å². The lowest BCUT2D eigenvalue weighted by atomic mass is 9.79. The van der Waals surface area contributed by atoms with Gasteiger partial charge < -0.3 is 5.32 Å². The van der Waals surface area contributed by atoms with E-state index in [1.54, 1.807) is 5.57 Å².